The van der Waals surface area contributed by atoms with E-state index in [4.69, 9.17) is 4.74 Å². The molecule has 8 atom stereocenters. The molecular formula is C30H48O3. The maximum atomic E-state index is 10.8. The van der Waals surface area contributed by atoms with Crippen LogP contribution in [0.2, 0.25) is 0 Å². The third-order valence-corrected chi connectivity index (χ3v) is 11.9. The van der Waals surface area contributed by atoms with E-state index in [1.165, 1.54) is 32.1 Å². The molecule has 0 aromatic heterocycles. The molecule has 0 spiro atoms. The van der Waals surface area contributed by atoms with E-state index in [0.717, 1.165) is 37.4 Å². The smallest absolute Gasteiger partial charge is 0.298 e. The van der Waals surface area contributed by atoms with Crippen molar-refractivity contribution in [3.05, 3.63) is 23.5 Å². The standard InChI is InChI=1S/C30H48O3/c1-20(9-8-10-21(2)33-19-31)22-13-17-30(7)24-11-12-25-27(3,4)26(32)15-16-28(25,5)23(24)14-18-29(22,30)6/h10-11,19-20,22-23,25-26,32H,8-9,12-18H2,1-7H3/b21-10-/t20-,22-,23-,25-,26?,28+,29-,30-/m0/s1. The Hall–Kier alpha value is -1.09. The van der Waals surface area contributed by atoms with Gasteiger partial charge in [-0.25, -0.2) is 0 Å². The predicted molar refractivity (Wildman–Crippen MR) is 134 cm³/mol. The van der Waals surface area contributed by atoms with Crippen molar-refractivity contribution in [2.24, 2.45) is 45.3 Å². The van der Waals surface area contributed by atoms with Gasteiger partial charge in [-0.1, -0.05) is 53.2 Å². The topological polar surface area (TPSA) is 46.5 Å². The Labute approximate surface area is 202 Å². The first-order valence-corrected chi connectivity index (χ1v) is 13.6. The van der Waals surface area contributed by atoms with Crippen LogP contribution in [0.4, 0.5) is 0 Å². The number of rotatable bonds is 6. The quantitative estimate of drug-likeness (QED) is 0.256. The summed E-state index contributed by atoms with van der Waals surface area (Å²) in [5, 5.41) is 10.8. The summed E-state index contributed by atoms with van der Waals surface area (Å²) in [6.45, 7) is 17.3. The first-order chi connectivity index (χ1) is 15.4. The molecule has 0 aromatic rings. The van der Waals surface area contributed by atoms with Gasteiger partial charge >= 0.3 is 0 Å². The largest absolute Gasteiger partial charge is 0.434 e. The molecule has 3 heteroatoms. The molecule has 0 saturated heterocycles. The molecule has 1 N–H and O–H groups in total. The van der Waals surface area contributed by atoms with Crippen molar-refractivity contribution in [2.45, 2.75) is 112 Å². The molecule has 0 amide bonds. The van der Waals surface area contributed by atoms with Crippen LogP contribution in [-0.2, 0) is 9.53 Å². The van der Waals surface area contributed by atoms with Crippen LogP contribution in [0.15, 0.2) is 23.5 Å². The first-order valence-electron chi connectivity index (χ1n) is 13.6. The van der Waals surface area contributed by atoms with E-state index in [9.17, 15) is 9.90 Å². The van der Waals surface area contributed by atoms with Crippen LogP contribution in [0, 0.1) is 45.3 Å². The van der Waals surface area contributed by atoms with Crippen LogP contribution >= 0.6 is 0 Å². The van der Waals surface area contributed by atoms with E-state index in [2.05, 4.69) is 53.7 Å². The first kappa shape index (κ1) is 25.0. The molecular weight excluding hydrogens is 408 g/mol. The summed E-state index contributed by atoms with van der Waals surface area (Å²) in [5.41, 5.74) is 2.77. The van der Waals surface area contributed by atoms with Crippen molar-refractivity contribution < 1.29 is 14.6 Å². The summed E-state index contributed by atoms with van der Waals surface area (Å²) in [5.74, 6) is 3.40. The Balaban J connectivity index is 1.57. The van der Waals surface area contributed by atoms with Crippen LogP contribution in [0.25, 0.3) is 0 Å². The normalized spacial score (nSPS) is 45.3. The van der Waals surface area contributed by atoms with Gasteiger partial charge in [0.2, 0.25) is 0 Å². The van der Waals surface area contributed by atoms with Crippen LogP contribution < -0.4 is 0 Å². The zero-order valence-electron chi connectivity index (χ0n) is 22.2. The second-order valence-electron chi connectivity index (χ2n) is 13.4. The Morgan fingerprint density at radius 3 is 2.58 bits per heavy atom. The van der Waals surface area contributed by atoms with Crippen molar-refractivity contribution in [3.8, 4) is 0 Å². The second kappa shape index (κ2) is 8.54. The zero-order chi connectivity index (χ0) is 24.2. The molecule has 3 fully saturated rings. The third-order valence-electron chi connectivity index (χ3n) is 11.9. The number of hydrogen-bond acceptors (Lipinski definition) is 3. The van der Waals surface area contributed by atoms with Crippen molar-refractivity contribution in [2.75, 3.05) is 0 Å². The summed E-state index contributed by atoms with van der Waals surface area (Å²) in [6.07, 6.45) is 15.3. The van der Waals surface area contributed by atoms with Crippen molar-refractivity contribution in [1.82, 2.24) is 0 Å². The zero-order valence-corrected chi connectivity index (χ0v) is 22.2. The minimum Gasteiger partial charge on any atom is -0.434 e. The number of aliphatic hydroxyl groups excluding tert-OH is 1. The molecule has 0 bridgehead atoms. The van der Waals surface area contributed by atoms with Gasteiger partial charge in [0.25, 0.3) is 6.47 Å². The lowest BCUT2D eigenvalue weighted by Gasteiger charge is -2.64. The monoisotopic (exact) mass is 456 g/mol. The van der Waals surface area contributed by atoms with E-state index in [1.54, 1.807) is 5.57 Å². The van der Waals surface area contributed by atoms with Gasteiger partial charge in [-0.2, -0.15) is 0 Å². The molecule has 4 rings (SSSR count). The number of allylic oxidation sites excluding steroid dienone is 4. The van der Waals surface area contributed by atoms with E-state index >= 15 is 0 Å². The van der Waals surface area contributed by atoms with Gasteiger partial charge in [-0.15, -0.1) is 0 Å². The molecule has 186 valence electrons. The highest BCUT2D eigenvalue weighted by molar-refractivity contribution is 5.39. The predicted octanol–water partition coefficient (Wildman–Crippen LogP) is 7.45. The van der Waals surface area contributed by atoms with Gasteiger partial charge in [0.1, 0.15) is 5.76 Å². The molecule has 4 aliphatic rings. The molecule has 0 aromatic carbocycles. The number of hydrogen-bond donors (Lipinski definition) is 1. The summed E-state index contributed by atoms with van der Waals surface area (Å²) < 4.78 is 4.96. The molecule has 33 heavy (non-hydrogen) atoms. The average molecular weight is 457 g/mol. The summed E-state index contributed by atoms with van der Waals surface area (Å²) in [7, 11) is 0. The highest BCUT2D eigenvalue weighted by atomic mass is 16.5. The lowest BCUT2D eigenvalue weighted by molar-refractivity contribution is -0.131. The number of aliphatic hydroxyl groups is 1. The Morgan fingerprint density at radius 1 is 1.15 bits per heavy atom. The van der Waals surface area contributed by atoms with Crippen LogP contribution in [0.1, 0.15) is 106 Å². The fourth-order valence-corrected chi connectivity index (χ4v) is 9.53. The molecule has 3 saturated carbocycles. The SMILES string of the molecule is C/C(=C/CC[C@H](C)[C@@H]1CC[C@@]2(C)C3=CC[C@H]4C(C)(C)C(O)CC[C@]4(C)[C@H]3CC[C@@]12C)OC=O. The number of ether oxygens (including phenoxy) is 1. The molecule has 0 radical (unpaired) electrons. The maximum absolute atomic E-state index is 10.8. The average Bonchev–Trinajstić information content (AvgIpc) is 3.03. The molecule has 0 heterocycles. The lowest BCUT2D eigenvalue weighted by Crippen LogP contribution is -2.58. The van der Waals surface area contributed by atoms with Crippen molar-refractivity contribution in [1.29, 1.82) is 0 Å². The van der Waals surface area contributed by atoms with Crippen LogP contribution in [0.3, 0.4) is 0 Å². The van der Waals surface area contributed by atoms with E-state index in [-0.39, 0.29) is 11.5 Å². The highest BCUT2D eigenvalue weighted by Crippen LogP contribution is 2.73. The minimum atomic E-state index is -0.165. The molecule has 0 aliphatic heterocycles. The van der Waals surface area contributed by atoms with Crippen LogP contribution in [-0.4, -0.2) is 17.7 Å². The van der Waals surface area contributed by atoms with Gasteiger partial charge in [0.05, 0.1) is 6.10 Å². The van der Waals surface area contributed by atoms with E-state index < -0.39 is 0 Å². The molecule has 4 aliphatic carbocycles. The van der Waals surface area contributed by atoms with Gasteiger partial charge in [-0.05, 0) is 116 Å². The Bertz CT molecular complexity index is 824. The second-order valence-corrected chi connectivity index (χ2v) is 13.4. The minimum absolute atomic E-state index is 0.00260. The molecule has 3 nitrogen and oxygen atoms in total. The maximum Gasteiger partial charge on any atom is 0.298 e. The fraction of sp³-hybridized carbons (Fsp3) is 0.833. The number of carbonyl (C=O) groups excluding carboxylic acids is 1. The summed E-state index contributed by atoms with van der Waals surface area (Å²) in [4.78, 5) is 10.6. The summed E-state index contributed by atoms with van der Waals surface area (Å²) in [6, 6.07) is 0. The van der Waals surface area contributed by atoms with E-state index in [1.807, 2.05) is 6.92 Å². The van der Waals surface area contributed by atoms with Crippen molar-refractivity contribution in [3.63, 3.8) is 0 Å². The molecule has 1 unspecified atom stereocenters. The van der Waals surface area contributed by atoms with Gasteiger partial charge in [0, 0.05) is 0 Å². The lowest BCUT2D eigenvalue weighted by atomic mass is 9.41. The van der Waals surface area contributed by atoms with Gasteiger partial charge in [0.15, 0.2) is 0 Å². The Morgan fingerprint density at radius 2 is 1.88 bits per heavy atom. The fourth-order valence-electron chi connectivity index (χ4n) is 9.53. The van der Waals surface area contributed by atoms with E-state index in [0.29, 0.717) is 40.5 Å². The Kier molecular flexibility index (Phi) is 6.47. The summed E-state index contributed by atoms with van der Waals surface area (Å²) >= 11 is 0. The van der Waals surface area contributed by atoms with Crippen molar-refractivity contribution >= 4 is 6.47 Å². The number of carbonyl (C=O) groups is 1. The van der Waals surface area contributed by atoms with Gasteiger partial charge in [-0.3, -0.25) is 4.79 Å². The van der Waals surface area contributed by atoms with Crippen LogP contribution in [0.5, 0.6) is 0 Å². The number of fused-ring (bicyclic) bond motifs is 5. The van der Waals surface area contributed by atoms with Gasteiger partial charge < -0.3 is 9.84 Å². The highest BCUT2D eigenvalue weighted by Gasteiger charge is 2.65. The third kappa shape index (κ3) is 3.67.